The minimum atomic E-state index is -4.75. The Kier molecular flexibility index (Phi) is 5.50. The molecular formula is C17H16ClF3N4O3. The van der Waals surface area contributed by atoms with Gasteiger partial charge < -0.3 is 14.5 Å². The summed E-state index contributed by atoms with van der Waals surface area (Å²) < 4.78 is 40.8. The molecular weight excluding hydrogens is 401 g/mol. The molecule has 1 aliphatic heterocycles. The molecule has 0 unspecified atom stereocenters. The largest absolute Gasteiger partial charge is 0.573 e. The zero-order valence-corrected chi connectivity index (χ0v) is 15.5. The minimum absolute atomic E-state index is 0.0131. The number of piperazine rings is 1. The molecule has 0 atom stereocenters. The number of benzene rings is 1. The zero-order chi connectivity index (χ0) is 20.5. The third kappa shape index (κ3) is 4.56. The molecule has 2 heterocycles. The van der Waals surface area contributed by atoms with E-state index in [1.165, 1.54) is 24.4 Å². The number of halogens is 4. The van der Waals surface area contributed by atoms with E-state index in [1.807, 2.05) is 0 Å². The van der Waals surface area contributed by atoms with Crippen LogP contribution in [0.25, 0.3) is 0 Å². The van der Waals surface area contributed by atoms with Gasteiger partial charge in [-0.1, -0.05) is 17.7 Å². The van der Waals surface area contributed by atoms with Crippen LogP contribution in [-0.2, 0) is 11.3 Å². The van der Waals surface area contributed by atoms with Gasteiger partial charge in [0, 0.05) is 19.6 Å². The van der Waals surface area contributed by atoms with Gasteiger partial charge in [-0.25, -0.2) is 5.10 Å². The van der Waals surface area contributed by atoms with Gasteiger partial charge in [-0.2, -0.15) is 5.10 Å². The van der Waals surface area contributed by atoms with Crippen molar-refractivity contribution in [3.8, 4) is 5.75 Å². The highest BCUT2D eigenvalue weighted by molar-refractivity contribution is 6.33. The number of ether oxygens (including phenoxy) is 1. The zero-order valence-electron chi connectivity index (χ0n) is 14.7. The van der Waals surface area contributed by atoms with Crippen molar-refractivity contribution in [3.63, 3.8) is 0 Å². The molecule has 0 saturated carbocycles. The van der Waals surface area contributed by atoms with Crippen molar-refractivity contribution < 1.29 is 22.7 Å². The molecule has 7 nitrogen and oxygen atoms in total. The van der Waals surface area contributed by atoms with Gasteiger partial charge in [0.1, 0.15) is 10.8 Å². The fraction of sp³-hybridized carbons (Fsp3) is 0.353. The van der Waals surface area contributed by atoms with Crippen LogP contribution in [0.5, 0.6) is 5.75 Å². The fourth-order valence-corrected chi connectivity index (χ4v) is 3.13. The number of hydrogen-bond donors (Lipinski definition) is 1. The second kappa shape index (κ2) is 7.70. The van der Waals surface area contributed by atoms with E-state index in [4.69, 9.17) is 11.6 Å². The van der Waals surface area contributed by atoms with Crippen molar-refractivity contribution in [1.29, 1.82) is 0 Å². The SMILES string of the molecule is Cc1cc(OC(F)(F)F)ccc1CN1CCN(c2cn[nH]c(=O)c2Cl)CC1=O. The van der Waals surface area contributed by atoms with Gasteiger partial charge in [0.2, 0.25) is 5.91 Å². The van der Waals surface area contributed by atoms with Crippen LogP contribution in [0.3, 0.4) is 0 Å². The topological polar surface area (TPSA) is 78.5 Å². The molecule has 1 aromatic carbocycles. The number of rotatable bonds is 4. The van der Waals surface area contributed by atoms with Gasteiger partial charge in [-0.3, -0.25) is 9.59 Å². The van der Waals surface area contributed by atoms with Crippen molar-refractivity contribution >= 4 is 23.2 Å². The van der Waals surface area contributed by atoms with Crippen molar-refractivity contribution in [2.24, 2.45) is 0 Å². The van der Waals surface area contributed by atoms with Crippen LogP contribution >= 0.6 is 11.6 Å². The van der Waals surface area contributed by atoms with E-state index in [9.17, 15) is 22.8 Å². The van der Waals surface area contributed by atoms with E-state index in [1.54, 1.807) is 16.7 Å². The van der Waals surface area contributed by atoms with Crippen LogP contribution in [-0.4, -0.2) is 47.0 Å². The van der Waals surface area contributed by atoms with Crippen molar-refractivity contribution in [1.82, 2.24) is 15.1 Å². The van der Waals surface area contributed by atoms with Gasteiger partial charge >= 0.3 is 6.36 Å². The van der Waals surface area contributed by atoms with E-state index in [0.29, 0.717) is 29.9 Å². The van der Waals surface area contributed by atoms with Crippen LogP contribution in [0.2, 0.25) is 5.02 Å². The molecule has 1 aromatic heterocycles. The monoisotopic (exact) mass is 416 g/mol. The third-order valence-electron chi connectivity index (χ3n) is 4.35. The summed E-state index contributed by atoms with van der Waals surface area (Å²) in [6.07, 6.45) is -3.37. The first-order valence-electron chi connectivity index (χ1n) is 8.25. The summed E-state index contributed by atoms with van der Waals surface area (Å²) in [5, 5.41) is 5.88. The molecule has 2 aromatic rings. The molecule has 3 rings (SSSR count). The average molecular weight is 417 g/mol. The number of alkyl halides is 3. The predicted molar refractivity (Wildman–Crippen MR) is 95.4 cm³/mol. The number of nitrogens with one attached hydrogen (secondary N) is 1. The minimum Gasteiger partial charge on any atom is -0.406 e. The normalized spacial score (nSPS) is 15.1. The molecule has 11 heteroatoms. The highest BCUT2D eigenvalue weighted by Crippen LogP contribution is 2.26. The highest BCUT2D eigenvalue weighted by atomic mass is 35.5. The number of carbonyl (C=O) groups excluding carboxylic acids is 1. The molecule has 1 saturated heterocycles. The lowest BCUT2D eigenvalue weighted by Crippen LogP contribution is -2.50. The van der Waals surface area contributed by atoms with Crippen molar-refractivity contribution in [3.05, 3.63) is 50.9 Å². The maximum atomic E-state index is 12.5. The summed E-state index contributed by atoms with van der Waals surface area (Å²) >= 11 is 5.98. The quantitative estimate of drug-likeness (QED) is 0.828. The third-order valence-corrected chi connectivity index (χ3v) is 4.71. The maximum absolute atomic E-state index is 12.5. The molecule has 28 heavy (non-hydrogen) atoms. The van der Waals surface area contributed by atoms with Crippen LogP contribution in [0, 0.1) is 6.92 Å². The van der Waals surface area contributed by atoms with E-state index >= 15 is 0 Å². The number of amides is 1. The molecule has 0 aliphatic carbocycles. The number of carbonyl (C=O) groups is 1. The summed E-state index contributed by atoms with van der Waals surface area (Å²) in [5.41, 5.74) is 1.14. The number of aromatic nitrogens is 2. The number of anilines is 1. The van der Waals surface area contributed by atoms with Gasteiger partial charge in [-0.05, 0) is 30.2 Å². The molecule has 0 spiro atoms. The lowest BCUT2D eigenvalue weighted by Gasteiger charge is -2.35. The molecule has 1 amide bonds. The summed E-state index contributed by atoms with van der Waals surface area (Å²) in [5.74, 6) is -0.501. The Bertz CT molecular complexity index is 948. The number of aryl methyl sites for hydroxylation is 1. The Labute approximate surface area is 162 Å². The summed E-state index contributed by atoms with van der Waals surface area (Å²) in [4.78, 5) is 27.3. The Morgan fingerprint density at radius 3 is 2.68 bits per heavy atom. The Hall–Kier alpha value is -2.75. The Balaban J connectivity index is 1.68. The summed E-state index contributed by atoms with van der Waals surface area (Å²) in [6.45, 7) is 2.72. The lowest BCUT2D eigenvalue weighted by molar-refractivity contribution is -0.274. The maximum Gasteiger partial charge on any atom is 0.573 e. The Morgan fingerprint density at radius 1 is 1.29 bits per heavy atom. The fourth-order valence-electron chi connectivity index (χ4n) is 2.92. The van der Waals surface area contributed by atoms with Gasteiger partial charge in [0.25, 0.3) is 5.56 Å². The number of hydrogen-bond acceptors (Lipinski definition) is 5. The molecule has 150 valence electrons. The second-order valence-electron chi connectivity index (χ2n) is 6.27. The molecule has 1 fully saturated rings. The number of nitrogens with zero attached hydrogens (tertiary/aromatic N) is 3. The van der Waals surface area contributed by atoms with Crippen LogP contribution in [0.1, 0.15) is 11.1 Å². The Morgan fingerprint density at radius 2 is 2.04 bits per heavy atom. The van der Waals surface area contributed by atoms with E-state index in [-0.39, 0.29) is 29.8 Å². The molecule has 1 aliphatic rings. The lowest BCUT2D eigenvalue weighted by atomic mass is 10.1. The predicted octanol–water partition coefficient (Wildman–Crippen LogP) is 2.48. The standard InChI is InChI=1S/C17H16ClF3N4O3/c1-10-6-12(28-17(19,20)21)3-2-11(10)8-25-5-4-24(9-14(25)26)13-7-22-23-16(27)15(13)18/h2-3,6-7H,4-5,8-9H2,1H3,(H,23,27). The van der Waals surface area contributed by atoms with Gasteiger partial charge in [0.05, 0.1) is 18.4 Å². The van der Waals surface area contributed by atoms with Crippen molar-refractivity contribution in [2.45, 2.75) is 19.8 Å². The van der Waals surface area contributed by atoms with Crippen LogP contribution < -0.4 is 15.2 Å². The number of H-pyrrole nitrogens is 1. The summed E-state index contributed by atoms with van der Waals surface area (Å²) in [7, 11) is 0. The van der Waals surface area contributed by atoms with E-state index < -0.39 is 11.9 Å². The van der Waals surface area contributed by atoms with Gasteiger partial charge in [-0.15, -0.1) is 13.2 Å². The first kappa shape index (κ1) is 20.0. The molecule has 0 radical (unpaired) electrons. The average Bonchev–Trinajstić information content (AvgIpc) is 2.60. The summed E-state index contributed by atoms with van der Waals surface area (Å²) in [6, 6.07) is 4.01. The number of aromatic amines is 1. The van der Waals surface area contributed by atoms with Crippen LogP contribution in [0.15, 0.2) is 29.2 Å². The van der Waals surface area contributed by atoms with Gasteiger partial charge in [0.15, 0.2) is 0 Å². The van der Waals surface area contributed by atoms with Crippen molar-refractivity contribution in [2.75, 3.05) is 24.5 Å². The first-order chi connectivity index (χ1) is 13.1. The second-order valence-corrected chi connectivity index (χ2v) is 6.65. The molecule has 0 bridgehead atoms. The first-order valence-corrected chi connectivity index (χ1v) is 8.63. The van der Waals surface area contributed by atoms with E-state index in [2.05, 4.69) is 14.9 Å². The molecule has 1 N–H and O–H groups in total. The highest BCUT2D eigenvalue weighted by Gasteiger charge is 2.31. The van der Waals surface area contributed by atoms with E-state index in [0.717, 1.165) is 0 Å². The van der Waals surface area contributed by atoms with Crippen LogP contribution in [0.4, 0.5) is 18.9 Å². The smallest absolute Gasteiger partial charge is 0.406 e.